The maximum absolute atomic E-state index is 12.8. The molecule has 0 aliphatic rings. The summed E-state index contributed by atoms with van der Waals surface area (Å²) in [6.07, 6.45) is 1.61. The molecular weight excluding hydrogens is 318 g/mol. The van der Waals surface area contributed by atoms with Crippen molar-refractivity contribution >= 4 is 23.0 Å². The fourth-order valence-corrected chi connectivity index (χ4v) is 2.50. The summed E-state index contributed by atoms with van der Waals surface area (Å²) in [6.45, 7) is 0.193. The van der Waals surface area contributed by atoms with Crippen LogP contribution in [0.3, 0.4) is 0 Å². The monoisotopic (exact) mass is 333 g/mol. The van der Waals surface area contributed by atoms with Crippen molar-refractivity contribution in [2.24, 2.45) is 7.05 Å². The number of aromatic nitrogens is 5. The van der Waals surface area contributed by atoms with Gasteiger partial charge in [-0.25, -0.2) is 4.68 Å². The first-order valence-electron chi connectivity index (χ1n) is 6.78. The van der Waals surface area contributed by atoms with Gasteiger partial charge in [0.25, 0.3) is 5.56 Å². The smallest absolute Gasteiger partial charge is 0.278 e. The second-order valence-electron chi connectivity index (χ2n) is 4.88. The van der Waals surface area contributed by atoms with Crippen LogP contribution < -0.4 is 15.0 Å². The Morgan fingerprint density at radius 3 is 2.70 bits per heavy atom. The standard InChI is InChI=1S/C14H15N5O3S/c1-18-10(16-17-14(18)23)7-19-13(20)11-8(6-15-19)4-5-9(21-2)12(11)22-3/h4-6H,7H2,1-3H3,(H,17,23). The molecular formula is C14H15N5O3S. The van der Waals surface area contributed by atoms with Crippen LogP contribution in [0.4, 0.5) is 0 Å². The number of methoxy groups -OCH3 is 2. The maximum atomic E-state index is 12.8. The van der Waals surface area contributed by atoms with E-state index in [2.05, 4.69) is 15.3 Å². The molecule has 0 fully saturated rings. The highest BCUT2D eigenvalue weighted by atomic mass is 32.1. The Hall–Kier alpha value is -2.68. The van der Waals surface area contributed by atoms with Crippen LogP contribution in [-0.2, 0) is 13.6 Å². The van der Waals surface area contributed by atoms with Crippen LogP contribution in [-0.4, -0.2) is 38.8 Å². The molecule has 0 amide bonds. The summed E-state index contributed by atoms with van der Waals surface area (Å²) >= 11 is 5.07. The number of hydrogen-bond acceptors (Lipinski definition) is 6. The van der Waals surface area contributed by atoms with Gasteiger partial charge in [0, 0.05) is 12.4 Å². The van der Waals surface area contributed by atoms with Crippen molar-refractivity contribution in [3.8, 4) is 11.5 Å². The number of fused-ring (bicyclic) bond motifs is 1. The molecule has 1 aromatic carbocycles. The average Bonchev–Trinajstić information content (AvgIpc) is 2.88. The zero-order valence-electron chi connectivity index (χ0n) is 12.9. The van der Waals surface area contributed by atoms with E-state index in [0.717, 1.165) is 0 Å². The van der Waals surface area contributed by atoms with Crippen LogP contribution in [0.5, 0.6) is 11.5 Å². The molecule has 0 radical (unpaired) electrons. The van der Waals surface area contributed by atoms with E-state index in [4.69, 9.17) is 21.7 Å². The van der Waals surface area contributed by atoms with Crippen LogP contribution in [0, 0.1) is 4.77 Å². The molecule has 2 heterocycles. The van der Waals surface area contributed by atoms with Gasteiger partial charge in [0.15, 0.2) is 22.1 Å². The summed E-state index contributed by atoms with van der Waals surface area (Å²) in [4.78, 5) is 12.8. The number of benzene rings is 1. The molecule has 23 heavy (non-hydrogen) atoms. The average molecular weight is 333 g/mol. The van der Waals surface area contributed by atoms with Gasteiger partial charge in [0.05, 0.1) is 25.8 Å². The fourth-order valence-electron chi connectivity index (χ4n) is 2.35. The highest BCUT2D eigenvalue weighted by molar-refractivity contribution is 7.71. The zero-order valence-corrected chi connectivity index (χ0v) is 13.7. The van der Waals surface area contributed by atoms with Crippen molar-refractivity contribution in [3.63, 3.8) is 0 Å². The summed E-state index contributed by atoms with van der Waals surface area (Å²) in [5.74, 6) is 1.49. The van der Waals surface area contributed by atoms with Crippen LogP contribution in [0.15, 0.2) is 23.1 Å². The topological polar surface area (TPSA) is 87.0 Å². The number of nitrogens with one attached hydrogen (secondary N) is 1. The molecule has 0 saturated carbocycles. The molecule has 0 atom stereocenters. The molecule has 0 saturated heterocycles. The van der Waals surface area contributed by atoms with Gasteiger partial charge in [-0.05, 0) is 24.4 Å². The second kappa shape index (κ2) is 5.84. The van der Waals surface area contributed by atoms with Crippen LogP contribution >= 0.6 is 12.2 Å². The van der Waals surface area contributed by atoms with Gasteiger partial charge in [-0.2, -0.15) is 10.2 Å². The minimum absolute atomic E-state index is 0.193. The lowest BCUT2D eigenvalue weighted by Gasteiger charge is -2.11. The normalized spacial score (nSPS) is 10.9. The predicted molar refractivity (Wildman–Crippen MR) is 86.6 cm³/mol. The number of hydrogen-bond donors (Lipinski definition) is 1. The fraction of sp³-hybridized carbons (Fsp3) is 0.286. The molecule has 0 bridgehead atoms. The summed E-state index contributed by atoms with van der Waals surface area (Å²) in [7, 11) is 4.80. The van der Waals surface area contributed by atoms with Gasteiger partial charge in [0.1, 0.15) is 6.54 Å². The third-order valence-corrected chi connectivity index (χ3v) is 3.99. The molecule has 8 nitrogen and oxygen atoms in total. The Balaban J connectivity index is 2.20. The zero-order chi connectivity index (χ0) is 16.6. The van der Waals surface area contributed by atoms with E-state index in [0.29, 0.717) is 32.9 Å². The van der Waals surface area contributed by atoms with Gasteiger partial charge >= 0.3 is 0 Å². The second-order valence-corrected chi connectivity index (χ2v) is 5.26. The van der Waals surface area contributed by atoms with E-state index in [1.54, 1.807) is 29.9 Å². The molecule has 120 valence electrons. The molecule has 0 aliphatic heterocycles. The number of rotatable bonds is 4. The summed E-state index contributed by atoms with van der Waals surface area (Å²) in [6, 6.07) is 3.51. The summed E-state index contributed by atoms with van der Waals surface area (Å²) in [5.41, 5.74) is -0.285. The van der Waals surface area contributed by atoms with Crippen molar-refractivity contribution in [2.45, 2.75) is 6.54 Å². The molecule has 3 aromatic rings. The molecule has 9 heteroatoms. The van der Waals surface area contributed by atoms with Crippen molar-refractivity contribution < 1.29 is 9.47 Å². The van der Waals surface area contributed by atoms with E-state index in [1.165, 1.54) is 18.9 Å². The Morgan fingerprint density at radius 2 is 2.09 bits per heavy atom. The van der Waals surface area contributed by atoms with Crippen LogP contribution in [0.25, 0.3) is 10.8 Å². The van der Waals surface area contributed by atoms with E-state index in [9.17, 15) is 4.79 Å². The van der Waals surface area contributed by atoms with Crippen molar-refractivity contribution in [1.82, 2.24) is 24.5 Å². The highest BCUT2D eigenvalue weighted by Crippen LogP contribution is 2.32. The van der Waals surface area contributed by atoms with Gasteiger partial charge < -0.3 is 14.0 Å². The van der Waals surface area contributed by atoms with Gasteiger partial charge in [-0.15, -0.1) is 0 Å². The number of aromatic amines is 1. The predicted octanol–water partition coefficient (Wildman–Crippen LogP) is 1.25. The number of ether oxygens (including phenoxy) is 2. The van der Waals surface area contributed by atoms with Gasteiger partial charge in [0.2, 0.25) is 0 Å². The highest BCUT2D eigenvalue weighted by Gasteiger charge is 2.15. The Bertz CT molecular complexity index is 988. The van der Waals surface area contributed by atoms with Crippen molar-refractivity contribution in [1.29, 1.82) is 0 Å². The number of H-pyrrole nitrogens is 1. The molecule has 0 spiro atoms. The summed E-state index contributed by atoms with van der Waals surface area (Å²) < 4.78 is 14.1. The first-order chi connectivity index (χ1) is 11.1. The molecule has 0 unspecified atom stereocenters. The third kappa shape index (κ3) is 2.48. The summed E-state index contributed by atoms with van der Waals surface area (Å²) in [5, 5.41) is 12.1. The third-order valence-electron chi connectivity index (χ3n) is 3.63. The Kier molecular flexibility index (Phi) is 3.87. The number of nitrogens with zero attached hydrogens (tertiary/aromatic N) is 4. The van der Waals surface area contributed by atoms with E-state index in [-0.39, 0.29) is 12.1 Å². The minimum atomic E-state index is -0.285. The first-order valence-corrected chi connectivity index (χ1v) is 7.18. The first kappa shape index (κ1) is 15.2. The SMILES string of the molecule is COc1ccc2cnn(Cc3n[nH]c(=S)n3C)c(=O)c2c1OC. The molecule has 1 N–H and O–H groups in total. The lowest BCUT2D eigenvalue weighted by atomic mass is 10.1. The van der Waals surface area contributed by atoms with Gasteiger partial charge in [-0.1, -0.05) is 0 Å². The molecule has 0 aliphatic carbocycles. The lowest BCUT2D eigenvalue weighted by molar-refractivity contribution is 0.358. The largest absolute Gasteiger partial charge is 0.493 e. The quantitative estimate of drug-likeness (QED) is 0.723. The van der Waals surface area contributed by atoms with Gasteiger partial charge in [-0.3, -0.25) is 9.89 Å². The molecule has 3 rings (SSSR count). The van der Waals surface area contributed by atoms with Crippen molar-refractivity contribution in [2.75, 3.05) is 14.2 Å². The Morgan fingerprint density at radius 1 is 1.30 bits per heavy atom. The molecule has 2 aromatic heterocycles. The van der Waals surface area contributed by atoms with E-state index >= 15 is 0 Å². The Labute approximate surface area is 136 Å². The van der Waals surface area contributed by atoms with E-state index in [1.807, 2.05) is 0 Å². The van der Waals surface area contributed by atoms with E-state index < -0.39 is 0 Å². The van der Waals surface area contributed by atoms with Crippen LogP contribution in [0.1, 0.15) is 5.82 Å². The maximum Gasteiger partial charge on any atom is 0.278 e. The van der Waals surface area contributed by atoms with Crippen molar-refractivity contribution in [3.05, 3.63) is 39.3 Å². The minimum Gasteiger partial charge on any atom is -0.493 e. The lowest BCUT2D eigenvalue weighted by Crippen LogP contribution is -2.25. The van der Waals surface area contributed by atoms with Crippen LogP contribution in [0.2, 0.25) is 0 Å².